The highest BCUT2D eigenvalue weighted by Gasteiger charge is 2.34. The van der Waals surface area contributed by atoms with E-state index in [0.29, 0.717) is 12.2 Å². The number of nitrogens with one attached hydrogen (secondary N) is 1. The fourth-order valence-electron chi connectivity index (χ4n) is 4.40. The molecule has 0 amide bonds. The number of aryl methyl sites for hydroxylation is 1. The Labute approximate surface area is 157 Å². The van der Waals surface area contributed by atoms with E-state index in [-0.39, 0.29) is 6.10 Å². The number of hydrogen-bond donors (Lipinski definition) is 1. The zero-order valence-electron chi connectivity index (χ0n) is 16.0. The minimum Gasteiger partial charge on any atom is -0.474 e. The van der Waals surface area contributed by atoms with Gasteiger partial charge in [0.2, 0.25) is 5.88 Å². The van der Waals surface area contributed by atoms with Gasteiger partial charge in [-0.25, -0.2) is 4.98 Å². The smallest absolute Gasteiger partial charge is 0.213 e. The average Bonchev–Trinajstić information content (AvgIpc) is 2.62. The van der Waals surface area contributed by atoms with Crippen molar-refractivity contribution in [2.24, 2.45) is 5.92 Å². The summed E-state index contributed by atoms with van der Waals surface area (Å²) in [7, 11) is 0. The second-order valence-electron chi connectivity index (χ2n) is 8.33. The molecule has 1 saturated carbocycles. The molecule has 2 aliphatic heterocycles. The van der Waals surface area contributed by atoms with Crippen LogP contribution in [0.1, 0.15) is 44.1 Å². The number of likely N-dealkylation sites (tertiary alicyclic amines) is 1. The predicted molar refractivity (Wildman–Crippen MR) is 103 cm³/mol. The van der Waals surface area contributed by atoms with Crippen molar-refractivity contribution < 1.29 is 9.47 Å². The third-order valence-corrected chi connectivity index (χ3v) is 6.12. The Balaban J connectivity index is 1.11. The molecule has 0 aromatic carbocycles. The first-order chi connectivity index (χ1) is 12.7. The van der Waals surface area contributed by atoms with Crippen LogP contribution in [0.4, 0.5) is 0 Å². The zero-order chi connectivity index (χ0) is 17.8. The van der Waals surface area contributed by atoms with Crippen molar-refractivity contribution in [3.8, 4) is 5.88 Å². The van der Waals surface area contributed by atoms with Crippen LogP contribution in [0.3, 0.4) is 0 Å². The third-order valence-electron chi connectivity index (χ3n) is 6.12. The Morgan fingerprint density at radius 2 is 1.85 bits per heavy atom. The second-order valence-corrected chi connectivity index (χ2v) is 8.33. The van der Waals surface area contributed by atoms with Gasteiger partial charge in [-0.2, -0.15) is 0 Å². The van der Waals surface area contributed by atoms with E-state index in [4.69, 9.17) is 9.47 Å². The molecule has 0 bridgehead atoms. The summed E-state index contributed by atoms with van der Waals surface area (Å²) < 4.78 is 12.3. The van der Waals surface area contributed by atoms with Gasteiger partial charge in [-0.05, 0) is 63.2 Å². The molecule has 4 rings (SSSR count). The molecule has 3 fully saturated rings. The van der Waals surface area contributed by atoms with Gasteiger partial charge in [0.1, 0.15) is 6.10 Å². The van der Waals surface area contributed by atoms with Gasteiger partial charge in [-0.1, -0.05) is 0 Å². The maximum atomic E-state index is 6.32. The largest absolute Gasteiger partial charge is 0.474 e. The summed E-state index contributed by atoms with van der Waals surface area (Å²) in [6.07, 6.45) is 9.98. The number of aromatic nitrogens is 1. The van der Waals surface area contributed by atoms with Crippen LogP contribution in [-0.2, 0) is 4.74 Å². The summed E-state index contributed by atoms with van der Waals surface area (Å²) in [6.45, 7) is 8.17. The highest BCUT2D eigenvalue weighted by atomic mass is 16.5. The van der Waals surface area contributed by atoms with E-state index in [1.54, 1.807) is 0 Å². The van der Waals surface area contributed by atoms with Crippen molar-refractivity contribution in [3.63, 3.8) is 0 Å². The molecule has 0 unspecified atom stereocenters. The lowest BCUT2D eigenvalue weighted by Gasteiger charge is -2.40. The minimum atomic E-state index is 0.273. The molecular formula is C21H33N3O2. The second kappa shape index (κ2) is 8.68. The lowest BCUT2D eigenvalue weighted by molar-refractivity contribution is -0.111. The summed E-state index contributed by atoms with van der Waals surface area (Å²) in [5.74, 6) is 1.65. The number of ether oxygens (including phenoxy) is 2. The zero-order valence-corrected chi connectivity index (χ0v) is 16.0. The molecule has 3 heterocycles. The van der Waals surface area contributed by atoms with Crippen LogP contribution in [0.15, 0.2) is 18.3 Å². The number of nitrogens with zero attached hydrogens (tertiary/aromatic N) is 2. The van der Waals surface area contributed by atoms with Gasteiger partial charge in [0.25, 0.3) is 0 Å². The lowest BCUT2D eigenvalue weighted by Crippen LogP contribution is -2.45. The molecular weight excluding hydrogens is 326 g/mol. The van der Waals surface area contributed by atoms with Crippen LogP contribution in [0, 0.1) is 12.8 Å². The van der Waals surface area contributed by atoms with E-state index >= 15 is 0 Å². The average molecular weight is 360 g/mol. The summed E-state index contributed by atoms with van der Waals surface area (Å²) in [4.78, 5) is 6.94. The van der Waals surface area contributed by atoms with Crippen molar-refractivity contribution in [1.29, 1.82) is 0 Å². The van der Waals surface area contributed by atoms with Gasteiger partial charge in [0.15, 0.2) is 0 Å². The van der Waals surface area contributed by atoms with Gasteiger partial charge in [0, 0.05) is 44.7 Å². The monoisotopic (exact) mass is 359 g/mol. The van der Waals surface area contributed by atoms with Gasteiger partial charge >= 0.3 is 0 Å². The van der Waals surface area contributed by atoms with Crippen LogP contribution in [-0.4, -0.2) is 60.9 Å². The van der Waals surface area contributed by atoms with Crippen molar-refractivity contribution in [2.45, 2.75) is 63.8 Å². The minimum absolute atomic E-state index is 0.273. The first-order valence-electron chi connectivity index (χ1n) is 10.4. The molecule has 0 atom stereocenters. The van der Waals surface area contributed by atoms with Crippen molar-refractivity contribution >= 4 is 0 Å². The van der Waals surface area contributed by atoms with Crippen LogP contribution in [0.2, 0.25) is 0 Å². The molecule has 0 radical (unpaired) electrons. The SMILES string of the molecule is Cc1ccnc(O[C@H]2C[C@H](OC3CCN(CC4CCNCC4)CC3)C2)c1. The Morgan fingerprint density at radius 1 is 1.08 bits per heavy atom. The normalized spacial score (nSPS) is 28.7. The highest BCUT2D eigenvalue weighted by molar-refractivity contribution is 5.19. The molecule has 2 saturated heterocycles. The highest BCUT2D eigenvalue weighted by Crippen LogP contribution is 2.30. The van der Waals surface area contributed by atoms with E-state index in [1.807, 2.05) is 18.3 Å². The summed E-state index contributed by atoms with van der Waals surface area (Å²) in [5, 5.41) is 3.46. The van der Waals surface area contributed by atoms with Gasteiger partial charge < -0.3 is 19.7 Å². The Hall–Kier alpha value is -1.17. The number of hydrogen-bond acceptors (Lipinski definition) is 5. The Bertz CT molecular complexity index is 562. The maximum Gasteiger partial charge on any atom is 0.213 e. The van der Waals surface area contributed by atoms with Crippen LogP contribution in [0.25, 0.3) is 0 Å². The molecule has 5 nitrogen and oxygen atoms in total. The first kappa shape index (κ1) is 18.2. The van der Waals surface area contributed by atoms with Crippen molar-refractivity contribution in [1.82, 2.24) is 15.2 Å². The first-order valence-corrected chi connectivity index (χ1v) is 10.4. The predicted octanol–water partition coefficient (Wildman–Crippen LogP) is 2.78. The fraction of sp³-hybridized carbons (Fsp3) is 0.762. The fourth-order valence-corrected chi connectivity index (χ4v) is 4.40. The summed E-state index contributed by atoms with van der Waals surface area (Å²) in [5.41, 5.74) is 1.19. The number of pyridine rings is 1. The van der Waals surface area contributed by atoms with E-state index in [2.05, 4.69) is 22.1 Å². The van der Waals surface area contributed by atoms with Crippen molar-refractivity contribution in [2.75, 3.05) is 32.7 Å². The van der Waals surface area contributed by atoms with Crippen LogP contribution >= 0.6 is 0 Å². The standard InChI is InChI=1S/C21H33N3O2/c1-16-2-9-23-21(12-16)26-20-13-19(14-20)25-18-5-10-24(11-6-18)15-17-3-7-22-8-4-17/h2,9,12,17-20,22H,3-8,10-11,13-15H2,1H3/t19-,20-. The molecule has 1 aliphatic carbocycles. The Kier molecular flexibility index (Phi) is 6.08. The molecule has 144 valence electrons. The summed E-state index contributed by atoms with van der Waals surface area (Å²) in [6, 6.07) is 4.00. The van der Waals surface area contributed by atoms with Gasteiger partial charge in [0.05, 0.1) is 12.2 Å². The van der Waals surface area contributed by atoms with Gasteiger partial charge in [-0.3, -0.25) is 0 Å². The molecule has 1 N–H and O–H groups in total. The Morgan fingerprint density at radius 3 is 2.58 bits per heavy atom. The quantitative estimate of drug-likeness (QED) is 0.846. The molecule has 5 heteroatoms. The van der Waals surface area contributed by atoms with E-state index in [1.165, 1.54) is 64.0 Å². The topological polar surface area (TPSA) is 46.6 Å². The third kappa shape index (κ3) is 4.96. The van der Waals surface area contributed by atoms with E-state index in [0.717, 1.165) is 24.6 Å². The van der Waals surface area contributed by atoms with E-state index in [9.17, 15) is 0 Å². The molecule has 1 aromatic heterocycles. The van der Waals surface area contributed by atoms with Crippen molar-refractivity contribution in [3.05, 3.63) is 23.9 Å². The van der Waals surface area contributed by atoms with Crippen LogP contribution in [0.5, 0.6) is 5.88 Å². The molecule has 26 heavy (non-hydrogen) atoms. The van der Waals surface area contributed by atoms with Crippen LogP contribution < -0.4 is 10.1 Å². The van der Waals surface area contributed by atoms with E-state index < -0.39 is 0 Å². The number of piperidine rings is 2. The number of rotatable bonds is 6. The van der Waals surface area contributed by atoms with Gasteiger partial charge in [-0.15, -0.1) is 0 Å². The molecule has 0 spiro atoms. The lowest BCUT2D eigenvalue weighted by atomic mass is 9.91. The summed E-state index contributed by atoms with van der Waals surface area (Å²) >= 11 is 0. The maximum absolute atomic E-state index is 6.32. The molecule has 3 aliphatic rings. The molecule has 1 aromatic rings.